The van der Waals surface area contributed by atoms with E-state index in [9.17, 15) is 14.7 Å². The van der Waals surface area contributed by atoms with Crippen LogP contribution in [0.4, 0.5) is 0 Å². The Kier molecular flexibility index (Phi) is 3.85. The number of likely N-dealkylation sites (tertiary alicyclic amines) is 1. The van der Waals surface area contributed by atoms with Crippen LogP contribution >= 0.6 is 11.8 Å². The number of carbonyl (C=O) groups excluding carboxylic acids is 1. The number of carbonyl (C=O) groups is 2. The van der Waals surface area contributed by atoms with Crippen molar-refractivity contribution in [1.29, 1.82) is 0 Å². The second-order valence-electron chi connectivity index (χ2n) is 5.07. The van der Waals surface area contributed by atoms with Crippen LogP contribution in [0.15, 0.2) is 29.2 Å². The third-order valence-corrected chi connectivity index (χ3v) is 4.36. The summed E-state index contributed by atoms with van der Waals surface area (Å²) in [5.74, 6) is -0.918. The van der Waals surface area contributed by atoms with Gasteiger partial charge in [-0.25, -0.2) is 0 Å². The third-order valence-electron chi connectivity index (χ3n) is 3.61. The van der Waals surface area contributed by atoms with Gasteiger partial charge in [-0.2, -0.15) is 0 Å². The van der Waals surface area contributed by atoms with Crippen molar-refractivity contribution in [3.05, 3.63) is 29.8 Å². The van der Waals surface area contributed by atoms with Crippen molar-refractivity contribution >= 4 is 23.6 Å². The van der Waals surface area contributed by atoms with E-state index in [0.29, 0.717) is 18.5 Å². The van der Waals surface area contributed by atoms with E-state index in [0.717, 1.165) is 4.90 Å². The van der Waals surface area contributed by atoms with E-state index in [1.165, 1.54) is 0 Å². The van der Waals surface area contributed by atoms with Gasteiger partial charge in [-0.1, -0.05) is 0 Å². The standard InChI is InChI=1S/C14H17NO3S/c1-14(13(17)18)7-8-15(9-14)12(16)10-3-5-11(19-2)6-4-10/h3-6H,7-9H2,1-2H3,(H,17,18). The highest BCUT2D eigenvalue weighted by atomic mass is 32.2. The van der Waals surface area contributed by atoms with Crippen LogP contribution in [0.3, 0.4) is 0 Å². The van der Waals surface area contributed by atoms with Gasteiger partial charge in [-0.05, 0) is 43.9 Å². The molecule has 102 valence electrons. The summed E-state index contributed by atoms with van der Waals surface area (Å²) in [5.41, 5.74) is -0.193. The molecule has 1 aromatic carbocycles. The van der Waals surface area contributed by atoms with E-state index in [1.807, 2.05) is 18.4 Å². The minimum absolute atomic E-state index is 0.0855. The molecule has 1 N–H and O–H groups in total. The van der Waals surface area contributed by atoms with E-state index >= 15 is 0 Å². The van der Waals surface area contributed by atoms with Crippen LogP contribution in [0.1, 0.15) is 23.7 Å². The monoisotopic (exact) mass is 279 g/mol. The fourth-order valence-corrected chi connectivity index (χ4v) is 2.63. The second kappa shape index (κ2) is 5.25. The summed E-state index contributed by atoms with van der Waals surface area (Å²) < 4.78 is 0. The normalized spacial score (nSPS) is 22.5. The van der Waals surface area contributed by atoms with Gasteiger partial charge in [-0.15, -0.1) is 11.8 Å². The molecule has 1 aliphatic rings. The summed E-state index contributed by atoms with van der Waals surface area (Å²) >= 11 is 1.62. The van der Waals surface area contributed by atoms with Gasteiger partial charge >= 0.3 is 5.97 Å². The van der Waals surface area contributed by atoms with Crippen molar-refractivity contribution in [2.75, 3.05) is 19.3 Å². The number of nitrogens with zero attached hydrogens (tertiary/aromatic N) is 1. The van der Waals surface area contributed by atoms with Crippen molar-refractivity contribution in [3.8, 4) is 0 Å². The molecule has 1 aromatic rings. The first-order chi connectivity index (χ1) is 8.96. The Labute approximate surface area is 116 Å². The van der Waals surface area contributed by atoms with Gasteiger partial charge in [0.2, 0.25) is 0 Å². The lowest BCUT2D eigenvalue weighted by molar-refractivity contribution is -0.147. The van der Waals surface area contributed by atoms with Gasteiger partial charge in [0.25, 0.3) is 5.91 Å². The highest BCUT2D eigenvalue weighted by Crippen LogP contribution is 2.31. The molecule has 0 bridgehead atoms. The minimum Gasteiger partial charge on any atom is -0.481 e. The molecule has 5 heteroatoms. The molecule has 0 radical (unpaired) electrons. The largest absolute Gasteiger partial charge is 0.481 e. The smallest absolute Gasteiger partial charge is 0.311 e. The van der Waals surface area contributed by atoms with Crippen molar-refractivity contribution in [3.63, 3.8) is 0 Å². The number of amides is 1. The topological polar surface area (TPSA) is 57.6 Å². The van der Waals surface area contributed by atoms with Crippen molar-refractivity contribution in [2.45, 2.75) is 18.2 Å². The lowest BCUT2D eigenvalue weighted by Crippen LogP contribution is -2.34. The first-order valence-electron chi connectivity index (χ1n) is 6.13. The van der Waals surface area contributed by atoms with Gasteiger partial charge < -0.3 is 10.0 Å². The second-order valence-corrected chi connectivity index (χ2v) is 5.95. The molecule has 0 spiro atoms. The molecule has 4 nitrogen and oxygen atoms in total. The number of carboxylic acids is 1. The predicted molar refractivity (Wildman–Crippen MR) is 74.5 cm³/mol. The number of aliphatic carboxylic acids is 1. The first kappa shape index (κ1) is 13.9. The van der Waals surface area contributed by atoms with Crippen molar-refractivity contribution in [2.24, 2.45) is 5.41 Å². The SMILES string of the molecule is CSc1ccc(C(=O)N2CCC(C)(C(=O)O)C2)cc1. The third kappa shape index (κ3) is 2.76. The Balaban J connectivity index is 2.11. The van der Waals surface area contributed by atoms with E-state index in [4.69, 9.17) is 0 Å². The minimum atomic E-state index is -0.833. The highest BCUT2D eigenvalue weighted by molar-refractivity contribution is 7.98. The van der Waals surface area contributed by atoms with Crippen LogP contribution in [0.5, 0.6) is 0 Å². The summed E-state index contributed by atoms with van der Waals surface area (Å²) in [7, 11) is 0. The maximum absolute atomic E-state index is 12.3. The summed E-state index contributed by atoms with van der Waals surface area (Å²) in [6.45, 7) is 2.48. The zero-order chi connectivity index (χ0) is 14.0. The Morgan fingerprint density at radius 3 is 2.42 bits per heavy atom. The molecule has 1 atom stereocenters. The lowest BCUT2D eigenvalue weighted by Gasteiger charge is -2.20. The Hall–Kier alpha value is -1.49. The molecule has 1 aliphatic heterocycles. The lowest BCUT2D eigenvalue weighted by atomic mass is 9.90. The first-order valence-corrected chi connectivity index (χ1v) is 7.35. The molecule has 19 heavy (non-hydrogen) atoms. The van der Waals surface area contributed by atoms with Gasteiger partial charge in [0.05, 0.1) is 5.41 Å². The average molecular weight is 279 g/mol. The molecule has 1 amide bonds. The van der Waals surface area contributed by atoms with Gasteiger partial charge in [0.1, 0.15) is 0 Å². The predicted octanol–water partition coefficient (Wildman–Crippen LogP) is 2.35. The molecule has 0 saturated carbocycles. The number of carboxylic acid groups (broad SMARTS) is 1. The molecule has 0 aliphatic carbocycles. The summed E-state index contributed by atoms with van der Waals surface area (Å²) in [4.78, 5) is 26.2. The van der Waals surface area contributed by atoms with Gasteiger partial charge in [0.15, 0.2) is 0 Å². The van der Waals surface area contributed by atoms with E-state index < -0.39 is 11.4 Å². The maximum atomic E-state index is 12.3. The number of hydrogen-bond acceptors (Lipinski definition) is 3. The summed E-state index contributed by atoms with van der Waals surface area (Å²) in [6, 6.07) is 7.41. The highest BCUT2D eigenvalue weighted by Gasteiger charge is 2.42. The number of hydrogen-bond donors (Lipinski definition) is 1. The Bertz CT molecular complexity index is 500. The van der Waals surface area contributed by atoms with Crippen LogP contribution in [0.2, 0.25) is 0 Å². The zero-order valence-electron chi connectivity index (χ0n) is 11.0. The van der Waals surface area contributed by atoms with Gasteiger partial charge in [0, 0.05) is 23.5 Å². The molecule has 1 fully saturated rings. The quantitative estimate of drug-likeness (QED) is 0.863. The van der Waals surface area contributed by atoms with Crippen LogP contribution in [-0.2, 0) is 4.79 Å². The molecular weight excluding hydrogens is 262 g/mol. The van der Waals surface area contributed by atoms with Gasteiger partial charge in [-0.3, -0.25) is 9.59 Å². The van der Waals surface area contributed by atoms with Crippen LogP contribution in [0.25, 0.3) is 0 Å². The van der Waals surface area contributed by atoms with Crippen molar-refractivity contribution < 1.29 is 14.7 Å². The molecule has 1 unspecified atom stereocenters. The maximum Gasteiger partial charge on any atom is 0.311 e. The number of rotatable bonds is 3. The van der Waals surface area contributed by atoms with Crippen LogP contribution in [-0.4, -0.2) is 41.2 Å². The van der Waals surface area contributed by atoms with E-state index in [2.05, 4.69) is 0 Å². The molecular formula is C14H17NO3S. The Morgan fingerprint density at radius 1 is 1.32 bits per heavy atom. The molecule has 1 saturated heterocycles. The summed E-state index contributed by atoms with van der Waals surface area (Å²) in [5, 5.41) is 9.17. The van der Waals surface area contributed by atoms with Crippen LogP contribution in [0, 0.1) is 5.41 Å². The van der Waals surface area contributed by atoms with Crippen LogP contribution < -0.4 is 0 Å². The molecule has 2 rings (SSSR count). The molecule has 1 heterocycles. The fraction of sp³-hybridized carbons (Fsp3) is 0.429. The van der Waals surface area contributed by atoms with Crippen molar-refractivity contribution in [1.82, 2.24) is 4.90 Å². The zero-order valence-corrected chi connectivity index (χ0v) is 11.9. The fourth-order valence-electron chi connectivity index (χ4n) is 2.23. The Morgan fingerprint density at radius 2 is 1.95 bits per heavy atom. The van der Waals surface area contributed by atoms with E-state index in [-0.39, 0.29) is 12.5 Å². The number of benzene rings is 1. The average Bonchev–Trinajstić information content (AvgIpc) is 2.82. The van der Waals surface area contributed by atoms with E-state index in [1.54, 1.807) is 35.7 Å². The number of thioether (sulfide) groups is 1. The molecule has 0 aromatic heterocycles. The summed E-state index contributed by atoms with van der Waals surface area (Å²) in [6.07, 6.45) is 2.49.